The van der Waals surface area contributed by atoms with Gasteiger partial charge in [-0.05, 0) is 62.2 Å². The number of furan rings is 1. The molecule has 7 heteroatoms. The molecular formula is C27H31FN2O4. The Bertz CT molecular complexity index is 1050. The highest BCUT2D eigenvalue weighted by atomic mass is 19.1. The molecule has 3 aromatic rings. The van der Waals surface area contributed by atoms with E-state index >= 15 is 0 Å². The fourth-order valence-corrected chi connectivity index (χ4v) is 3.58. The van der Waals surface area contributed by atoms with Gasteiger partial charge in [-0.3, -0.25) is 9.59 Å². The monoisotopic (exact) mass is 466 g/mol. The van der Waals surface area contributed by atoms with Gasteiger partial charge in [-0.1, -0.05) is 30.3 Å². The smallest absolute Gasteiger partial charge is 0.254 e. The molecule has 0 spiro atoms. The Morgan fingerprint density at radius 1 is 0.941 bits per heavy atom. The number of rotatable bonds is 12. The van der Waals surface area contributed by atoms with Gasteiger partial charge >= 0.3 is 0 Å². The molecule has 0 N–H and O–H groups in total. The number of benzene rings is 2. The van der Waals surface area contributed by atoms with Crippen LogP contribution >= 0.6 is 0 Å². The second-order valence-electron chi connectivity index (χ2n) is 8.03. The van der Waals surface area contributed by atoms with E-state index in [9.17, 15) is 14.0 Å². The summed E-state index contributed by atoms with van der Waals surface area (Å²) in [5.41, 5.74) is 1.31. The molecule has 0 aliphatic heterocycles. The van der Waals surface area contributed by atoms with Crippen LogP contribution in [0.1, 0.15) is 40.8 Å². The molecule has 0 radical (unpaired) electrons. The van der Waals surface area contributed by atoms with Crippen LogP contribution in [0.5, 0.6) is 0 Å². The molecule has 0 saturated heterocycles. The molecule has 3 rings (SSSR count). The fourth-order valence-electron chi connectivity index (χ4n) is 3.58. The molecule has 0 fully saturated rings. The van der Waals surface area contributed by atoms with E-state index in [4.69, 9.17) is 9.15 Å². The van der Waals surface area contributed by atoms with Gasteiger partial charge in [0.25, 0.3) is 5.91 Å². The van der Waals surface area contributed by atoms with Crippen molar-refractivity contribution in [2.24, 2.45) is 0 Å². The Hall–Kier alpha value is -3.45. The quantitative estimate of drug-likeness (QED) is 0.359. The summed E-state index contributed by atoms with van der Waals surface area (Å²) in [6.07, 6.45) is 0.620. The van der Waals surface area contributed by atoms with Gasteiger partial charge in [-0.25, -0.2) is 4.39 Å². The van der Waals surface area contributed by atoms with Crippen molar-refractivity contribution in [3.8, 4) is 0 Å². The van der Waals surface area contributed by atoms with Crippen molar-refractivity contribution in [1.82, 2.24) is 9.80 Å². The average molecular weight is 467 g/mol. The lowest BCUT2D eigenvalue weighted by atomic mass is 10.1. The largest absolute Gasteiger partial charge is 0.464 e. The van der Waals surface area contributed by atoms with Gasteiger partial charge in [-0.15, -0.1) is 0 Å². The van der Waals surface area contributed by atoms with Crippen LogP contribution in [0.25, 0.3) is 0 Å². The van der Waals surface area contributed by atoms with Crippen molar-refractivity contribution in [1.29, 1.82) is 0 Å². The van der Waals surface area contributed by atoms with Crippen LogP contribution in [-0.4, -0.2) is 47.9 Å². The molecule has 1 aromatic heterocycles. The maximum atomic E-state index is 13.4. The summed E-state index contributed by atoms with van der Waals surface area (Å²) in [7, 11) is 0. The molecular weight excluding hydrogens is 435 g/mol. The zero-order valence-electron chi connectivity index (χ0n) is 19.7. The van der Waals surface area contributed by atoms with Gasteiger partial charge in [0.2, 0.25) is 5.91 Å². The van der Waals surface area contributed by atoms with E-state index in [1.165, 1.54) is 12.1 Å². The van der Waals surface area contributed by atoms with Crippen molar-refractivity contribution in [3.63, 3.8) is 0 Å². The van der Waals surface area contributed by atoms with Crippen LogP contribution in [-0.2, 0) is 22.6 Å². The third-order valence-corrected chi connectivity index (χ3v) is 5.34. The SMILES string of the molecule is CCOCCCN(CC(=O)N(Cc1ccc(F)cc1)Cc1ccc(C)o1)C(=O)c1ccccc1. The van der Waals surface area contributed by atoms with Gasteiger partial charge in [0.1, 0.15) is 23.9 Å². The number of halogens is 1. The van der Waals surface area contributed by atoms with E-state index in [0.29, 0.717) is 37.5 Å². The number of hydrogen-bond donors (Lipinski definition) is 0. The van der Waals surface area contributed by atoms with Crippen molar-refractivity contribution in [2.75, 3.05) is 26.3 Å². The molecule has 2 aromatic carbocycles. The van der Waals surface area contributed by atoms with E-state index in [-0.39, 0.29) is 37.3 Å². The summed E-state index contributed by atoms with van der Waals surface area (Å²) in [6, 6.07) is 18.6. The second-order valence-corrected chi connectivity index (χ2v) is 8.03. The Kier molecular flexibility index (Phi) is 9.40. The first-order valence-corrected chi connectivity index (χ1v) is 11.5. The Morgan fingerprint density at radius 3 is 2.32 bits per heavy atom. The highest BCUT2D eigenvalue weighted by Gasteiger charge is 2.23. The molecule has 0 bridgehead atoms. The predicted molar refractivity (Wildman–Crippen MR) is 128 cm³/mol. The van der Waals surface area contributed by atoms with Crippen molar-refractivity contribution in [2.45, 2.75) is 33.4 Å². The van der Waals surface area contributed by atoms with Crippen molar-refractivity contribution in [3.05, 3.63) is 95.2 Å². The fraction of sp³-hybridized carbons (Fsp3) is 0.333. The molecule has 2 amide bonds. The maximum Gasteiger partial charge on any atom is 0.254 e. The number of hydrogen-bond acceptors (Lipinski definition) is 4. The number of aryl methyl sites for hydroxylation is 1. The minimum Gasteiger partial charge on any atom is -0.464 e. The number of amides is 2. The Balaban J connectivity index is 1.78. The lowest BCUT2D eigenvalue weighted by Crippen LogP contribution is -2.43. The first-order chi connectivity index (χ1) is 16.5. The summed E-state index contributed by atoms with van der Waals surface area (Å²) in [5, 5.41) is 0. The maximum absolute atomic E-state index is 13.4. The molecule has 34 heavy (non-hydrogen) atoms. The van der Waals surface area contributed by atoms with Gasteiger partial charge in [0.15, 0.2) is 0 Å². The first kappa shape index (κ1) is 25.2. The van der Waals surface area contributed by atoms with Gasteiger partial charge in [0.05, 0.1) is 6.54 Å². The van der Waals surface area contributed by atoms with Crippen LogP contribution in [0.15, 0.2) is 71.1 Å². The van der Waals surface area contributed by atoms with Gasteiger partial charge in [0, 0.05) is 31.9 Å². The Labute approximate surface area is 199 Å². The summed E-state index contributed by atoms with van der Waals surface area (Å²) < 4.78 is 24.5. The van der Waals surface area contributed by atoms with Crippen molar-refractivity contribution >= 4 is 11.8 Å². The number of ether oxygens (including phenoxy) is 1. The van der Waals surface area contributed by atoms with E-state index in [1.807, 2.05) is 32.0 Å². The van der Waals surface area contributed by atoms with Crippen molar-refractivity contribution < 1.29 is 23.1 Å². The summed E-state index contributed by atoms with van der Waals surface area (Å²) >= 11 is 0. The zero-order valence-corrected chi connectivity index (χ0v) is 19.7. The van der Waals surface area contributed by atoms with Crippen LogP contribution in [0, 0.1) is 12.7 Å². The summed E-state index contributed by atoms with van der Waals surface area (Å²) in [5.74, 6) is 0.628. The minimum absolute atomic E-state index is 0.0826. The molecule has 6 nitrogen and oxygen atoms in total. The molecule has 0 saturated carbocycles. The van der Waals surface area contributed by atoms with Gasteiger partial charge in [-0.2, -0.15) is 0 Å². The topological polar surface area (TPSA) is 63.0 Å². The molecule has 0 aliphatic carbocycles. The number of carbonyl (C=O) groups excluding carboxylic acids is 2. The normalized spacial score (nSPS) is 10.8. The zero-order chi connectivity index (χ0) is 24.3. The van der Waals surface area contributed by atoms with E-state index < -0.39 is 0 Å². The van der Waals surface area contributed by atoms with Crippen LogP contribution in [0.2, 0.25) is 0 Å². The lowest BCUT2D eigenvalue weighted by molar-refractivity contribution is -0.133. The third kappa shape index (κ3) is 7.56. The third-order valence-electron chi connectivity index (χ3n) is 5.34. The average Bonchev–Trinajstić information content (AvgIpc) is 3.26. The van der Waals surface area contributed by atoms with Crippen LogP contribution < -0.4 is 0 Å². The molecule has 0 aliphatic rings. The molecule has 0 unspecified atom stereocenters. The van der Waals surface area contributed by atoms with Gasteiger partial charge < -0.3 is 19.0 Å². The second kappa shape index (κ2) is 12.7. The predicted octanol–water partition coefficient (Wildman–Crippen LogP) is 4.82. The standard InChI is InChI=1S/C27H31FN2O4/c1-3-33-17-7-16-29(27(32)23-8-5-4-6-9-23)20-26(31)30(19-25-15-10-21(2)34-25)18-22-11-13-24(28)14-12-22/h4-6,8-15H,3,7,16-20H2,1-2H3. The number of carbonyl (C=O) groups is 2. The molecule has 180 valence electrons. The summed E-state index contributed by atoms with van der Waals surface area (Å²) in [4.78, 5) is 29.8. The highest BCUT2D eigenvalue weighted by Crippen LogP contribution is 2.15. The van der Waals surface area contributed by atoms with Crippen LogP contribution in [0.4, 0.5) is 4.39 Å². The van der Waals surface area contributed by atoms with E-state index in [2.05, 4.69) is 0 Å². The molecule has 0 atom stereocenters. The highest BCUT2D eigenvalue weighted by molar-refractivity contribution is 5.96. The first-order valence-electron chi connectivity index (χ1n) is 11.5. The minimum atomic E-state index is -0.336. The molecule has 1 heterocycles. The van der Waals surface area contributed by atoms with E-state index in [1.54, 1.807) is 46.2 Å². The van der Waals surface area contributed by atoms with Crippen LogP contribution in [0.3, 0.4) is 0 Å². The Morgan fingerprint density at radius 2 is 1.68 bits per heavy atom. The lowest BCUT2D eigenvalue weighted by Gasteiger charge is -2.27. The number of nitrogens with zero attached hydrogens (tertiary/aromatic N) is 2. The van der Waals surface area contributed by atoms with E-state index in [0.717, 1.165) is 11.3 Å². The summed E-state index contributed by atoms with van der Waals surface area (Å²) in [6.45, 7) is 5.69.